The Labute approximate surface area is 251 Å². The lowest BCUT2D eigenvalue weighted by molar-refractivity contribution is 0.126. The summed E-state index contributed by atoms with van der Waals surface area (Å²) in [5, 5.41) is 15.6. The third-order valence-corrected chi connectivity index (χ3v) is 7.93. The molecule has 6 aromatic carbocycles. The molecule has 0 bridgehead atoms. The van der Waals surface area contributed by atoms with E-state index in [1.807, 2.05) is 123 Å². The standard InChI is InChI=1S/C37H25ClO2.C2H6/c38-29-23-19-25(20-24-29)30-11-4-6-15-34(30)37(39,27-9-2-1-3-10-27)28-21-17-26(18-22-28)31-13-8-14-33-32-12-5-7-16-35(32)40-36(31)33;1-2/h1-24,39H;1-2H3. The minimum atomic E-state index is -1.39. The predicted molar refractivity (Wildman–Crippen MR) is 176 cm³/mol. The first-order valence-electron chi connectivity index (χ1n) is 14.3. The van der Waals surface area contributed by atoms with Gasteiger partial charge < -0.3 is 9.52 Å². The van der Waals surface area contributed by atoms with Crippen LogP contribution in [0.15, 0.2) is 150 Å². The van der Waals surface area contributed by atoms with Crippen molar-refractivity contribution < 1.29 is 9.52 Å². The van der Waals surface area contributed by atoms with Crippen molar-refractivity contribution in [2.75, 3.05) is 0 Å². The summed E-state index contributed by atoms with van der Waals surface area (Å²) in [6.07, 6.45) is 0. The number of halogens is 1. The summed E-state index contributed by atoms with van der Waals surface area (Å²) in [7, 11) is 0. The molecule has 0 radical (unpaired) electrons. The first-order chi connectivity index (χ1) is 20.6. The van der Waals surface area contributed by atoms with Crippen molar-refractivity contribution in [2.45, 2.75) is 19.4 Å². The Balaban J connectivity index is 0.00000155. The molecule has 1 N–H and O–H groups in total. The number of benzene rings is 6. The maximum atomic E-state index is 12.7. The first kappa shape index (κ1) is 27.5. The minimum Gasteiger partial charge on any atom is -0.455 e. The molecule has 0 amide bonds. The van der Waals surface area contributed by atoms with E-state index < -0.39 is 5.60 Å². The number of rotatable bonds is 5. The highest BCUT2D eigenvalue weighted by Crippen LogP contribution is 2.43. The van der Waals surface area contributed by atoms with Gasteiger partial charge >= 0.3 is 0 Å². The van der Waals surface area contributed by atoms with Crippen molar-refractivity contribution in [1.29, 1.82) is 0 Å². The van der Waals surface area contributed by atoms with Crippen molar-refractivity contribution in [3.8, 4) is 22.3 Å². The van der Waals surface area contributed by atoms with Crippen LogP contribution in [0.5, 0.6) is 0 Å². The van der Waals surface area contributed by atoms with Crippen LogP contribution in [-0.2, 0) is 5.60 Å². The molecule has 1 aromatic heterocycles. The molecular formula is C39H31ClO2. The Morgan fingerprint density at radius 3 is 1.83 bits per heavy atom. The number of para-hydroxylation sites is 2. The van der Waals surface area contributed by atoms with E-state index in [1.165, 1.54) is 0 Å². The quantitative estimate of drug-likeness (QED) is 0.210. The second-order valence-electron chi connectivity index (χ2n) is 9.99. The molecule has 0 aliphatic heterocycles. The lowest BCUT2D eigenvalue weighted by Crippen LogP contribution is -2.29. The van der Waals surface area contributed by atoms with Gasteiger partial charge in [-0.05, 0) is 46.0 Å². The zero-order valence-electron chi connectivity index (χ0n) is 23.6. The Morgan fingerprint density at radius 1 is 0.524 bits per heavy atom. The SMILES string of the molecule is CC.OC(c1ccccc1)(c1ccc(-c2cccc3c2oc2ccccc23)cc1)c1ccccc1-c1ccc(Cl)cc1. The van der Waals surface area contributed by atoms with E-state index in [-0.39, 0.29) is 0 Å². The number of aliphatic hydroxyl groups is 1. The van der Waals surface area contributed by atoms with Gasteiger partial charge in [-0.3, -0.25) is 0 Å². The molecule has 7 rings (SSSR count). The van der Waals surface area contributed by atoms with Crippen molar-refractivity contribution in [2.24, 2.45) is 0 Å². The minimum absolute atomic E-state index is 0.676. The van der Waals surface area contributed by atoms with E-state index in [0.29, 0.717) is 5.02 Å². The fraction of sp³-hybridized carbons (Fsp3) is 0.0769. The Bertz CT molecular complexity index is 1960. The van der Waals surface area contributed by atoms with Crippen LogP contribution in [0.25, 0.3) is 44.2 Å². The first-order valence-corrected chi connectivity index (χ1v) is 14.7. The predicted octanol–water partition coefficient (Wildman–Crippen LogP) is 10.9. The largest absolute Gasteiger partial charge is 0.455 e. The molecule has 0 saturated carbocycles. The number of hydrogen-bond acceptors (Lipinski definition) is 2. The summed E-state index contributed by atoms with van der Waals surface area (Å²) in [6.45, 7) is 4.00. The maximum Gasteiger partial charge on any atom is 0.143 e. The molecule has 42 heavy (non-hydrogen) atoms. The third-order valence-electron chi connectivity index (χ3n) is 7.68. The van der Waals surface area contributed by atoms with Crippen molar-refractivity contribution in [3.05, 3.63) is 167 Å². The molecule has 0 spiro atoms. The highest BCUT2D eigenvalue weighted by Gasteiger charge is 2.36. The number of hydrogen-bond donors (Lipinski definition) is 1. The average molecular weight is 567 g/mol. The van der Waals surface area contributed by atoms with E-state index in [0.717, 1.165) is 60.9 Å². The molecule has 0 aliphatic rings. The van der Waals surface area contributed by atoms with Crippen LogP contribution in [0.4, 0.5) is 0 Å². The van der Waals surface area contributed by atoms with Crippen LogP contribution >= 0.6 is 11.6 Å². The molecule has 0 saturated heterocycles. The van der Waals surface area contributed by atoms with Gasteiger partial charge in [-0.25, -0.2) is 0 Å². The smallest absolute Gasteiger partial charge is 0.143 e. The van der Waals surface area contributed by atoms with E-state index in [9.17, 15) is 5.11 Å². The zero-order valence-corrected chi connectivity index (χ0v) is 24.3. The van der Waals surface area contributed by atoms with Crippen LogP contribution in [-0.4, -0.2) is 5.11 Å². The molecule has 1 unspecified atom stereocenters. The van der Waals surface area contributed by atoms with Gasteiger partial charge in [0, 0.05) is 26.9 Å². The molecule has 1 atom stereocenters. The van der Waals surface area contributed by atoms with Crippen LogP contribution in [0.2, 0.25) is 5.02 Å². The Kier molecular flexibility index (Phi) is 7.67. The summed E-state index contributed by atoms with van der Waals surface area (Å²) >= 11 is 6.19. The van der Waals surface area contributed by atoms with Gasteiger partial charge in [-0.2, -0.15) is 0 Å². The number of furan rings is 1. The Morgan fingerprint density at radius 2 is 1.07 bits per heavy atom. The molecule has 206 valence electrons. The van der Waals surface area contributed by atoms with Crippen molar-refractivity contribution in [1.82, 2.24) is 0 Å². The van der Waals surface area contributed by atoms with Crippen LogP contribution < -0.4 is 0 Å². The van der Waals surface area contributed by atoms with Gasteiger partial charge in [0.05, 0.1) is 0 Å². The third kappa shape index (κ3) is 4.79. The number of fused-ring (bicyclic) bond motifs is 3. The van der Waals surface area contributed by atoms with E-state index in [4.69, 9.17) is 16.0 Å². The second kappa shape index (κ2) is 11.7. The van der Waals surface area contributed by atoms with Gasteiger partial charge in [0.2, 0.25) is 0 Å². The molecule has 3 heteroatoms. The van der Waals surface area contributed by atoms with Gasteiger partial charge in [-0.15, -0.1) is 0 Å². The highest BCUT2D eigenvalue weighted by atomic mass is 35.5. The van der Waals surface area contributed by atoms with Crippen LogP contribution in [0.1, 0.15) is 30.5 Å². The van der Waals surface area contributed by atoms with Crippen LogP contribution in [0.3, 0.4) is 0 Å². The van der Waals surface area contributed by atoms with E-state index in [1.54, 1.807) is 0 Å². The fourth-order valence-corrected chi connectivity index (χ4v) is 5.83. The molecule has 7 aromatic rings. The summed E-state index contributed by atoms with van der Waals surface area (Å²) < 4.78 is 6.29. The van der Waals surface area contributed by atoms with E-state index in [2.05, 4.69) is 36.4 Å². The normalized spacial score (nSPS) is 12.5. The monoisotopic (exact) mass is 566 g/mol. The van der Waals surface area contributed by atoms with Crippen molar-refractivity contribution in [3.63, 3.8) is 0 Å². The second-order valence-corrected chi connectivity index (χ2v) is 10.4. The van der Waals surface area contributed by atoms with Gasteiger partial charge in [0.15, 0.2) is 0 Å². The molecule has 0 fully saturated rings. The zero-order chi connectivity index (χ0) is 29.1. The molecule has 0 aliphatic carbocycles. The Hall–Kier alpha value is -4.63. The fourth-order valence-electron chi connectivity index (χ4n) is 5.70. The van der Waals surface area contributed by atoms with Gasteiger partial charge in [0.25, 0.3) is 0 Å². The highest BCUT2D eigenvalue weighted by molar-refractivity contribution is 6.30. The summed E-state index contributed by atoms with van der Waals surface area (Å²) in [4.78, 5) is 0. The molecule has 2 nitrogen and oxygen atoms in total. The maximum absolute atomic E-state index is 12.7. The van der Waals surface area contributed by atoms with Crippen LogP contribution in [0, 0.1) is 0 Å². The molecular weight excluding hydrogens is 536 g/mol. The van der Waals surface area contributed by atoms with Gasteiger partial charge in [-0.1, -0.05) is 153 Å². The van der Waals surface area contributed by atoms with E-state index >= 15 is 0 Å². The molecule has 1 heterocycles. The van der Waals surface area contributed by atoms with Crippen molar-refractivity contribution >= 4 is 33.5 Å². The summed E-state index contributed by atoms with van der Waals surface area (Å²) in [5.41, 5.74) is 6.70. The lowest BCUT2D eigenvalue weighted by Gasteiger charge is -2.32. The topological polar surface area (TPSA) is 33.4 Å². The van der Waals surface area contributed by atoms with Gasteiger partial charge in [0.1, 0.15) is 16.8 Å². The summed E-state index contributed by atoms with van der Waals surface area (Å²) in [6, 6.07) is 48.1. The average Bonchev–Trinajstić information content (AvgIpc) is 3.45. The summed E-state index contributed by atoms with van der Waals surface area (Å²) in [5.74, 6) is 0. The lowest BCUT2D eigenvalue weighted by atomic mass is 9.77.